The Balaban J connectivity index is 4.27. The van der Waals surface area contributed by atoms with Crippen LogP contribution in [0.3, 0.4) is 0 Å². The average Bonchev–Trinajstić information content (AvgIpc) is 3.17. The maximum Gasteiger partial charge on any atom is 0.472 e. The highest BCUT2D eigenvalue weighted by molar-refractivity contribution is 7.47. The summed E-state index contributed by atoms with van der Waals surface area (Å²) in [7, 11) is -4.39. The number of nitrogens with two attached hydrogens (primary N) is 1. The van der Waals surface area contributed by atoms with E-state index < -0.39 is 32.5 Å². The third-order valence-corrected chi connectivity index (χ3v) is 9.90. The van der Waals surface area contributed by atoms with Gasteiger partial charge in [-0.2, -0.15) is 0 Å². The van der Waals surface area contributed by atoms with Crippen molar-refractivity contribution in [2.24, 2.45) is 5.73 Å². The minimum Gasteiger partial charge on any atom is -0.462 e. The Bertz CT molecular complexity index is 1090. The predicted octanol–water partition coefficient (Wildman–Crippen LogP) is 12.5. The quantitative estimate of drug-likeness (QED) is 0.0269. The van der Waals surface area contributed by atoms with Gasteiger partial charge in [0.2, 0.25) is 0 Å². The fourth-order valence-electron chi connectivity index (χ4n) is 5.68. The van der Waals surface area contributed by atoms with E-state index in [1.54, 1.807) is 0 Å². The van der Waals surface area contributed by atoms with Crippen LogP contribution < -0.4 is 5.73 Å². The molecule has 9 nitrogen and oxygen atoms in total. The maximum atomic E-state index is 12.6. The number of unbranched alkanes of at least 4 members (excludes halogenated alkanes) is 17. The van der Waals surface area contributed by atoms with E-state index in [1.807, 2.05) is 12.2 Å². The number of phosphoric ester groups is 1. The smallest absolute Gasteiger partial charge is 0.462 e. The molecule has 0 aliphatic carbocycles. The number of carbonyl (C=O) groups excluding carboxylic acids is 2. The number of ether oxygens (including phenoxy) is 2. The molecule has 0 radical (unpaired) electrons. The number of esters is 2. The lowest BCUT2D eigenvalue weighted by Crippen LogP contribution is -2.29. The molecule has 0 spiro atoms. The van der Waals surface area contributed by atoms with Crippen molar-refractivity contribution < 1.29 is 37.6 Å². The van der Waals surface area contributed by atoms with Gasteiger partial charge < -0.3 is 20.1 Å². The Morgan fingerprint density at radius 3 is 1.47 bits per heavy atom. The fraction of sp³-hybridized carbons (Fsp3) is 0.733. The zero-order valence-corrected chi connectivity index (χ0v) is 35.8. The molecule has 0 aliphatic heterocycles. The number of allylic oxidation sites excluding steroid dienone is 10. The molecular formula is C45H80NO8P. The second-order valence-corrected chi connectivity index (χ2v) is 15.7. The number of carbonyl (C=O) groups is 2. The van der Waals surface area contributed by atoms with Crippen LogP contribution in [-0.4, -0.2) is 49.3 Å². The summed E-state index contributed by atoms with van der Waals surface area (Å²) in [5.41, 5.74) is 5.34. The first-order valence-electron chi connectivity index (χ1n) is 21.8. The van der Waals surface area contributed by atoms with Gasteiger partial charge in [0.25, 0.3) is 0 Å². The maximum absolute atomic E-state index is 12.6. The van der Waals surface area contributed by atoms with E-state index in [1.165, 1.54) is 96.3 Å². The van der Waals surface area contributed by atoms with Gasteiger partial charge in [0, 0.05) is 19.4 Å². The van der Waals surface area contributed by atoms with Crippen molar-refractivity contribution in [2.75, 3.05) is 26.4 Å². The van der Waals surface area contributed by atoms with Gasteiger partial charge in [0.15, 0.2) is 6.10 Å². The second kappa shape index (κ2) is 41.3. The molecular weight excluding hydrogens is 713 g/mol. The van der Waals surface area contributed by atoms with Crippen LogP contribution in [0.25, 0.3) is 0 Å². The normalized spacial score (nSPS) is 13.9. The standard InChI is InChI=1S/C45H80NO8P/c1-3-5-7-9-11-13-15-17-19-20-21-22-24-25-27-29-31-33-35-37-44(47)51-41-43(42-53-55(49,50)52-40-39-46)54-45(48)38-36-34-32-30-28-26-23-18-16-14-12-10-8-6-4-2/h11,13,17,19,21-22,25,27,31,33,43H,3-10,12,14-16,18,20,23-24,26,28-30,32,34-42,46H2,1-2H3,(H,49,50)/b13-11-,19-17-,22-21-,27-25-,33-31-/t43-/m1/s1. The van der Waals surface area contributed by atoms with E-state index in [-0.39, 0.29) is 32.6 Å². The van der Waals surface area contributed by atoms with Crippen LogP contribution in [0.4, 0.5) is 0 Å². The molecule has 10 heteroatoms. The molecule has 0 amide bonds. The summed E-state index contributed by atoms with van der Waals surface area (Å²) in [6.45, 7) is 3.62. The van der Waals surface area contributed by atoms with Gasteiger partial charge in [0.1, 0.15) is 6.61 Å². The summed E-state index contributed by atoms with van der Waals surface area (Å²) in [5, 5.41) is 0. The Morgan fingerprint density at radius 1 is 0.545 bits per heavy atom. The van der Waals surface area contributed by atoms with Crippen molar-refractivity contribution in [3.8, 4) is 0 Å². The first-order chi connectivity index (χ1) is 26.8. The molecule has 1 unspecified atom stereocenters. The van der Waals surface area contributed by atoms with Crippen LogP contribution in [0.2, 0.25) is 0 Å². The molecule has 0 bridgehead atoms. The van der Waals surface area contributed by atoms with E-state index >= 15 is 0 Å². The average molecular weight is 794 g/mol. The second-order valence-electron chi connectivity index (χ2n) is 14.2. The zero-order chi connectivity index (χ0) is 40.3. The number of phosphoric acid groups is 1. The third-order valence-electron chi connectivity index (χ3n) is 8.92. The highest BCUT2D eigenvalue weighted by Crippen LogP contribution is 2.43. The minimum atomic E-state index is -4.39. The van der Waals surface area contributed by atoms with Gasteiger partial charge >= 0.3 is 19.8 Å². The van der Waals surface area contributed by atoms with Crippen molar-refractivity contribution in [3.05, 3.63) is 60.8 Å². The SMILES string of the molecule is CCCCC/C=C\C/C=C\C/C=C\C/C=C\C/C=C\CCC(=O)OC[C@H](COP(=O)(O)OCCN)OC(=O)CCCCCCCCCCCCCCCCC. The summed E-state index contributed by atoms with van der Waals surface area (Å²) in [6.07, 6.45) is 48.3. The Labute approximate surface area is 336 Å². The fourth-order valence-corrected chi connectivity index (χ4v) is 6.44. The van der Waals surface area contributed by atoms with Crippen LogP contribution in [-0.2, 0) is 32.7 Å². The van der Waals surface area contributed by atoms with Crippen LogP contribution in [0.1, 0.15) is 181 Å². The Hall–Kier alpha value is -2.29. The third kappa shape index (κ3) is 41.2. The lowest BCUT2D eigenvalue weighted by atomic mass is 10.0. The predicted molar refractivity (Wildman–Crippen MR) is 229 cm³/mol. The largest absolute Gasteiger partial charge is 0.472 e. The topological polar surface area (TPSA) is 134 Å². The van der Waals surface area contributed by atoms with Crippen molar-refractivity contribution >= 4 is 19.8 Å². The molecule has 55 heavy (non-hydrogen) atoms. The molecule has 0 aromatic rings. The van der Waals surface area contributed by atoms with Crippen molar-refractivity contribution in [2.45, 2.75) is 187 Å². The van der Waals surface area contributed by atoms with Gasteiger partial charge in [-0.05, 0) is 51.4 Å². The molecule has 0 rings (SSSR count). The zero-order valence-electron chi connectivity index (χ0n) is 34.9. The molecule has 0 heterocycles. The van der Waals surface area contributed by atoms with Crippen molar-refractivity contribution in [3.63, 3.8) is 0 Å². The van der Waals surface area contributed by atoms with E-state index in [0.29, 0.717) is 12.8 Å². The highest BCUT2D eigenvalue weighted by atomic mass is 31.2. The Kier molecular flexibility index (Phi) is 39.6. The molecule has 0 aromatic heterocycles. The summed E-state index contributed by atoms with van der Waals surface area (Å²) in [5.74, 6) is -0.924. The van der Waals surface area contributed by atoms with Gasteiger partial charge in [-0.25, -0.2) is 4.57 Å². The van der Waals surface area contributed by atoms with Gasteiger partial charge in [-0.3, -0.25) is 18.6 Å². The lowest BCUT2D eigenvalue weighted by Gasteiger charge is -2.19. The first kappa shape index (κ1) is 52.7. The summed E-state index contributed by atoms with van der Waals surface area (Å²) >= 11 is 0. The molecule has 0 aliphatic rings. The first-order valence-corrected chi connectivity index (χ1v) is 23.3. The van der Waals surface area contributed by atoms with Gasteiger partial charge in [-0.1, -0.05) is 177 Å². The van der Waals surface area contributed by atoms with E-state index in [2.05, 4.69) is 62.5 Å². The van der Waals surface area contributed by atoms with E-state index in [9.17, 15) is 19.0 Å². The highest BCUT2D eigenvalue weighted by Gasteiger charge is 2.25. The number of hydrogen-bond donors (Lipinski definition) is 2. The van der Waals surface area contributed by atoms with Crippen LogP contribution in [0.5, 0.6) is 0 Å². The van der Waals surface area contributed by atoms with E-state index in [4.69, 9.17) is 24.3 Å². The Morgan fingerprint density at radius 2 is 0.982 bits per heavy atom. The summed E-state index contributed by atoms with van der Waals surface area (Å²) in [4.78, 5) is 34.8. The van der Waals surface area contributed by atoms with Gasteiger partial charge in [0.05, 0.1) is 13.2 Å². The monoisotopic (exact) mass is 794 g/mol. The molecule has 0 saturated heterocycles. The molecule has 0 fully saturated rings. The summed E-state index contributed by atoms with van der Waals surface area (Å²) < 4.78 is 32.7. The molecule has 318 valence electrons. The van der Waals surface area contributed by atoms with Crippen LogP contribution in [0.15, 0.2) is 60.8 Å². The number of rotatable bonds is 40. The molecule has 3 N–H and O–H groups in total. The van der Waals surface area contributed by atoms with Crippen LogP contribution >= 0.6 is 7.82 Å². The van der Waals surface area contributed by atoms with Gasteiger partial charge in [-0.15, -0.1) is 0 Å². The lowest BCUT2D eigenvalue weighted by molar-refractivity contribution is -0.161. The molecule has 0 saturated carbocycles. The summed E-state index contributed by atoms with van der Waals surface area (Å²) in [6, 6.07) is 0. The van der Waals surface area contributed by atoms with Crippen LogP contribution in [0, 0.1) is 0 Å². The minimum absolute atomic E-state index is 0.0429. The molecule has 2 atom stereocenters. The van der Waals surface area contributed by atoms with E-state index in [0.717, 1.165) is 44.9 Å². The van der Waals surface area contributed by atoms with Crippen molar-refractivity contribution in [1.82, 2.24) is 0 Å². The van der Waals surface area contributed by atoms with Crippen molar-refractivity contribution in [1.29, 1.82) is 0 Å². The number of hydrogen-bond acceptors (Lipinski definition) is 8. The molecule has 0 aromatic carbocycles.